The first kappa shape index (κ1) is 87.2. The summed E-state index contributed by atoms with van der Waals surface area (Å²) < 4.78 is 0. The predicted molar refractivity (Wildman–Crippen MR) is 368 cm³/mol. The van der Waals surface area contributed by atoms with Gasteiger partial charge in [-0.15, -0.1) is 23.0 Å². The zero-order chi connectivity index (χ0) is 60.8. The zero-order valence-corrected chi connectivity index (χ0v) is 72.4. The number of hydrogen-bond donors (Lipinski definition) is 0. The van der Waals surface area contributed by atoms with Gasteiger partial charge in [0.2, 0.25) is 0 Å². The summed E-state index contributed by atoms with van der Waals surface area (Å²) >= 11 is 0. The van der Waals surface area contributed by atoms with Crippen molar-refractivity contribution in [1.82, 2.24) is 0 Å². The van der Waals surface area contributed by atoms with Crippen molar-refractivity contribution in [2.45, 2.75) is 265 Å². The van der Waals surface area contributed by atoms with E-state index in [1.807, 2.05) is 0 Å². The van der Waals surface area contributed by atoms with Gasteiger partial charge in [-0.3, -0.25) is 0 Å². The topological polar surface area (TPSA) is 0 Å². The van der Waals surface area contributed by atoms with Gasteiger partial charge in [-0.1, -0.05) is 255 Å². The Hall–Kier alpha value is 1.19. The van der Waals surface area contributed by atoms with E-state index >= 15 is 0 Å². The Morgan fingerprint density at radius 1 is 0.465 bits per heavy atom. The monoisotopic (exact) mass is 1380 g/mol. The first-order valence-corrected chi connectivity index (χ1v) is 36.3. The van der Waals surface area contributed by atoms with E-state index in [0.717, 1.165) is 130 Å². The van der Waals surface area contributed by atoms with Gasteiger partial charge in [0, 0.05) is 0 Å². The van der Waals surface area contributed by atoms with Crippen LogP contribution in [0.3, 0.4) is 0 Å². The minimum Gasteiger partial charge on any atom is -0.346 e. The smallest absolute Gasteiger partial charge is 0.346 e. The molecule has 4 heteroatoms. The zero-order valence-electron chi connectivity index (χ0n) is 60.5. The predicted octanol–water partition coefficient (Wildman–Crippen LogP) is 25.2. The Bertz CT molecular complexity index is 1810. The van der Waals surface area contributed by atoms with E-state index in [1.165, 1.54) is 154 Å². The molecule has 0 nitrogen and oxygen atoms in total. The third kappa shape index (κ3) is 23.0. The molecule has 8 bridgehead atoms. The third-order valence-electron chi connectivity index (χ3n) is 24.8. The van der Waals surface area contributed by atoms with Gasteiger partial charge in [0.25, 0.3) is 0 Å². The normalized spacial score (nSPS) is 40.3. The van der Waals surface area contributed by atoms with Gasteiger partial charge in [-0.2, -0.15) is 49.4 Å². The Kier molecular flexibility index (Phi) is 46.2. The molecule has 24 atom stereocenters. The Labute approximate surface area is 592 Å². The molecule has 0 aromatic carbocycles. The van der Waals surface area contributed by atoms with Crippen molar-refractivity contribution in [3.05, 3.63) is 113 Å². The SMILES string of the molecule is C/C=C1\CC2C=CC1C2.C/C=C1\CC2CC1C(C)C2CC.C/C=C1\CC2CC1[CH-]C2CC.C/C=C1\CC2CC1[CH-]C2CC.CCC.[CH2-]C.[CH2-]C.[CH2-]C(CC)C1CCC2C(CC)CC([CH2-])C2C1.[CH2-]C(CC)C1CCC2C(CC)CC([CH2-])C2C1.[Zn+2].[Zn+2].[Zn+2].[Zn+2]. The average Bonchev–Trinajstić information content (AvgIpc) is 2.73. The number of hydrogen-bond acceptors (Lipinski definition) is 0. The molecule has 0 aromatic rings. The van der Waals surface area contributed by atoms with Crippen molar-refractivity contribution in [3.63, 3.8) is 0 Å². The molecule has 0 aromatic heterocycles. The second-order valence-corrected chi connectivity index (χ2v) is 28.7. The van der Waals surface area contributed by atoms with Crippen LogP contribution in [0.15, 0.2) is 58.7 Å². The fraction of sp³-hybridized carbons (Fsp3) is 0.780. The van der Waals surface area contributed by atoms with E-state index in [0.29, 0.717) is 11.8 Å². The summed E-state index contributed by atoms with van der Waals surface area (Å²) in [6, 6.07) is 0. The third-order valence-corrected chi connectivity index (χ3v) is 24.8. The molecule has 476 valence electrons. The van der Waals surface area contributed by atoms with E-state index in [4.69, 9.17) is 0 Å². The molecule has 12 aliphatic rings. The Balaban J connectivity index is 0.000000985. The van der Waals surface area contributed by atoms with Crippen LogP contribution in [0.25, 0.3) is 0 Å². The number of allylic oxidation sites excluding steroid dienone is 10. The van der Waals surface area contributed by atoms with Gasteiger partial charge in [-0.05, 0) is 138 Å². The van der Waals surface area contributed by atoms with Crippen LogP contribution < -0.4 is 0 Å². The number of rotatable bonds is 9. The Morgan fingerprint density at radius 2 is 0.872 bits per heavy atom. The summed E-state index contributed by atoms with van der Waals surface area (Å²) in [6.07, 6.45) is 52.7. The molecule has 11 saturated carbocycles. The molecule has 24 unspecified atom stereocenters. The maximum atomic E-state index is 4.42. The van der Waals surface area contributed by atoms with E-state index < -0.39 is 0 Å². The molecule has 0 N–H and O–H groups in total. The van der Waals surface area contributed by atoms with E-state index in [9.17, 15) is 0 Å². The molecule has 12 rings (SSSR count). The fourth-order valence-electron chi connectivity index (χ4n) is 20.0. The summed E-state index contributed by atoms with van der Waals surface area (Å²) in [4.78, 5) is 0. The molecular weight excluding hydrogens is 1250 g/mol. The first-order valence-electron chi connectivity index (χ1n) is 36.3. The second kappa shape index (κ2) is 45.5. The molecule has 86 heavy (non-hydrogen) atoms. The second-order valence-electron chi connectivity index (χ2n) is 28.7. The molecule has 0 radical (unpaired) electrons. The van der Waals surface area contributed by atoms with Crippen LogP contribution in [0.1, 0.15) is 265 Å². The van der Waals surface area contributed by atoms with Crippen LogP contribution in [0.4, 0.5) is 0 Å². The van der Waals surface area contributed by atoms with Crippen molar-refractivity contribution in [2.24, 2.45) is 142 Å². The van der Waals surface area contributed by atoms with Crippen LogP contribution in [-0.4, -0.2) is 0 Å². The minimum atomic E-state index is 0. The van der Waals surface area contributed by atoms with Gasteiger partial charge in [-0.25, -0.2) is 0 Å². The molecule has 0 aliphatic heterocycles. The minimum absolute atomic E-state index is 0. The molecule has 0 saturated heterocycles. The van der Waals surface area contributed by atoms with Crippen LogP contribution in [0.5, 0.6) is 0 Å². The van der Waals surface area contributed by atoms with Crippen molar-refractivity contribution in [3.8, 4) is 0 Å². The van der Waals surface area contributed by atoms with Gasteiger partial charge < -0.3 is 54.4 Å². The summed E-state index contributed by atoms with van der Waals surface area (Å²) in [5.74, 6) is 21.9. The quantitative estimate of drug-likeness (QED) is 0.123. The van der Waals surface area contributed by atoms with Gasteiger partial charge >= 0.3 is 77.9 Å². The Morgan fingerprint density at radius 3 is 1.15 bits per heavy atom. The fourth-order valence-corrected chi connectivity index (χ4v) is 20.0. The summed E-state index contributed by atoms with van der Waals surface area (Å²) in [6.45, 7) is 59.3. The maximum Gasteiger partial charge on any atom is 2.00 e. The molecule has 0 heterocycles. The van der Waals surface area contributed by atoms with Gasteiger partial charge in [0.1, 0.15) is 0 Å². The molecule has 0 amide bonds. The van der Waals surface area contributed by atoms with E-state index in [1.54, 1.807) is 36.1 Å². The molecule has 11 fully saturated rings. The summed E-state index contributed by atoms with van der Waals surface area (Å²) in [5.41, 5.74) is 6.85. The van der Waals surface area contributed by atoms with Crippen LogP contribution in [-0.2, 0) is 77.9 Å². The summed E-state index contributed by atoms with van der Waals surface area (Å²) in [5, 5.41) is 0. The van der Waals surface area contributed by atoms with Gasteiger partial charge in [0.15, 0.2) is 0 Å². The maximum absolute atomic E-state index is 4.42. The van der Waals surface area contributed by atoms with Crippen molar-refractivity contribution < 1.29 is 77.9 Å². The largest absolute Gasteiger partial charge is 2.00 e. The molecule has 0 spiro atoms. The van der Waals surface area contributed by atoms with Crippen LogP contribution in [0, 0.1) is 196 Å². The first-order chi connectivity index (χ1) is 39.6. The van der Waals surface area contributed by atoms with E-state index in [2.05, 4.69) is 188 Å². The van der Waals surface area contributed by atoms with Crippen LogP contribution >= 0.6 is 0 Å². The van der Waals surface area contributed by atoms with Crippen molar-refractivity contribution in [1.29, 1.82) is 0 Å². The van der Waals surface area contributed by atoms with Crippen LogP contribution in [0.2, 0.25) is 0 Å². The number of fused-ring (bicyclic) bond motifs is 10. The van der Waals surface area contributed by atoms with Gasteiger partial charge in [0.05, 0.1) is 0 Å². The molecule has 12 aliphatic carbocycles. The summed E-state index contributed by atoms with van der Waals surface area (Å²) in [7, 11) is 0. The van der Waals surface area contributed by atoms with Crippen molar-refractivity contribution >= 4 is 0 Å². The standard InChI is InChI=1S/2C16H28.C12H20.2C11H17.C9H12.C3H8.2C2H5.4Zn/c2*1-5-11(3)14-7-8-15-13(6-2)9-12(4)16(15)10-14;1-4-9-6-10-7-12(9)8(3)11(10)5-2;2*1-3-8-5-11-7-10(8)6-9(11)4-2;1-2-8-5-7-3-4-9(8)6-7;1-3-2;2*1-2;;;;/h2*11-16H,3-10H2,1-2H3;4,8,10-12H,5-7H2,1-3H3;2*3,6,9-11H,4-5,7H2,1-2H3;2-4,7,9H,5-6H2,1H3;3H2,1-2H3;2*1H2,2H3;;;;/q2*-2;;2*-1;;;2*-1;4*+2/b;;9-4+;2*8-3+;8-2+;;;;;;;. The average molecular weight is 1390 g/mol. The van der Waals surface area contributed by atoms with E-state index in [-0.39, 0.29) is 77.9 Å². The van der Waals surface area contributed by atoms with Crippen molar-refractivity contribution in [2.75, 3.05) is 0 Å². The molecular formula is C82H140Zn4.